The van der Waals surface area contributed by atoms with Gasteiger partial charge in [-0.25, -0.2) is 0 Å². The Labute approximate surface area is 149 Å². The molecule has 0 heterocycles. The van der Waals surface area contributed by atoms with Crippen LogP contribution in [0.2, 0.25) is 0 Å². The molecule has 1 aromatic carbocycles. The van der Waals surface area contributed by atoms with Gasteiger partial charge in [0, 0.05) is 6.08 Å². The van der Waals surface area contributed by atoms with Crippen LogP contribution >= 0.6 is 0 Å². The van der Waals surface area contributed by atoms with Crippen LogP contribution in [0.5, 0.6) is 0 Å². The molecule has 0 radical (unpaired) electrons. The van der Waals surface area contributed by atoms with Gasteiger partial charge in [0.05, 0.1) is 0 Å². The highest BCUT2D eigenvalue weighted by Gasteiger charge is 2.26. The van der Waals surface area contributed by atoms with Gasteiger partial charge in [0.2, 0.25) is 0 Å². The number of allylic oxidation sites excluding steroid dienone is 2. The first kappa shape index (κ1) is 18.5. The third kappa shape index (κ3) is 5.36. The third-order valence-electron chi connectivity index (χ3n) is 6.22. The molecule has 25 heavy (non-hydrogen) atoms. The first-order valence-electron chi connectivity index (χ1n) is 9.76. The highest BCUT2D eigenvalue weighted by molar-refractivity contribution is 5.28. The Morgan fingerprint density at radius 2 is 1.20 bits per heavy atom. The van der Waals surface area contributed by atoms with Gasteiger partial charge in [-0.1, -0.05) is 50.1 Å². The van der Waals surface area contributed by atoms with Crippen molar-refractivity contribution in [2.24, 2.45) is 11.8 Å². The minimum absolute atomic E-state index is 0.0846. The van der Waals surface area contributed by atoms with Crippen molar-refractivity contribution in [3.8, 4) is 0 Å². The van der Waals surface area contributed by atoms with E-state index in [1.54, 1.807) is 0 Å². The van der Waals surface area contributed by atoms with Crippen LogP contribution in [0.1, 0.15) is 81.3 Å². The molecule has 3 heteroatoms. The second-order valence-electron chi connectivity index (χ2n) is 8.14. The molecular formula is C22H29F3. The van der Waals surface area contributed by atoms with Crippen LogP contribution in [0, 0.1) is 11.8 Å². The van der Waals surface area contributed by atoms with E-state index >= 15 is 0 Å². The van der Waals surface area contributed by atoms with E-state index < -0.39 is 6.18 Å². The predicted octanol–water partition coefficient (Wildman–Crippen LogP) is 7.37. The summed E-state index contributed by atoms with van der Waals surface area (Å²) in [5.41, 5.74) is 2.84. The fourth-order valence-corrected chi connectivity index (χ4v) is 4.52. The Hall–Kier alpha value is -1.25. The lowest BCUT2D eigenvalue weighted by Crippen LogP contribution is -2.13. The van der Waals surface area contributed by atoms with Crippen molar-refractivity contribution >= 4 is 0 Å². The summed E-state index contributed by atoms with van der Waals surface area (Å²) >= 11 is 0. The lowest BCUT2D eigenvalue weighted by molar-refractivity contribution is -0.0803. The van der Waals surface area contributed by atoms with E-state index in [1.807, 2.05) is 0 Å². The van der Waals surface area contributed by atoms with Gasteiger partial charge in [-0.15, -0.1) is 0 Å². The maximum absolute atomic E-state index is 12.3. The molecule has 0 saturated heterocycles. The number of halogens is 3. The SMILES string of the molecule is C[C@H]1CC[C@H](c2ccc([C@H]3CC[C@H](C=CC(F)(F)F)CC3)cc2)CC1. The highest BCUT2D eigenvalue weighted by atomic mass is 19.4. The minimum atomic E-state index is -4.18. The Kier molecular flexibility index (Phi) is 5.91. The summed E-state index contributed by atoms with van der Waals surface area (Å²) in [7, 11) is 0. The van der Waals surface area contributed by atoms with Gasteiger partial charge in [0.25, 0.3) is 0 Å². The molecule has 0 spiro atoms. The molecule has 2 fully saturated rings. The molecular weight excluding hydrogens is 321 g/mol. The molecule has 3 rings (SSSR count). The average molecular weight is 350 g/mol. The zero-order valence-electron chi connectivity index (χ0n) is 15.1. The van der Waals surface area contributed by atoms with Crippen LogP contribution in [0.15, 0.2) is 36.4 Å². The van der Waals surface area contributed by atoms with Crippen molar-refractivity contribution in [1.29, 1.82) is 0 Å². The monoisotopic (exact) mass is 350 g/mol. The van der Waals surface area contributed by atoms with Crippen molar-refractivity contribution in [1.82, 2.24) is 0 Å². The molecule has 138 valence electrons. The number of hydrogen-bond acceptors (Lipinski definition) is 0. The number of rotatable bonds is 3. The molecule has 2 saturated carbocycles. The quantitative estimate of drug-likeness (QED) is 0.499. The molecule has 0 N–H and O–H groups in total. The molecule has 1 aromatic rings. The standard InChI is InChI=1S/C22H29F3/c1-16-2-6-18(7-3-16)20-10-12-21(13-11-20)19-8-4-17(5-9-19)14-15-22(23,24)25/h10-19H,2-9H2,1H3/t16-,17-,18-,19-. The summed E-state index contributed by atoms with van der Waals surface area (Å²) in [6.07, 6.45) is 6.59. The van der Waals surface area contributed by atoms with Gasteiger partial charge in [-0.2, -0.15) is 13.2 Å². The maximum atomic E-state index is 12.3. The number of alkyl halides is 3. The second-order valence-corrected chi connectivity index (χ2v) is 8.14. The van der Waals surface area contributed by atoms with Gasteiger partial charge in [0.15, 0.2) is 0 Å². The van der Waals surface area contributed by atoms with E-state index in [2.05, 4.69) is 31.2 Å². The van der Waals surface area contributed by atoms with Crippen LogP contribution in [0.25, 0.3) is 0 Å². The Balaban J connectivity index is 1.53. The van der Waals surface area contributed by atoms with Crippen LogP contribution in [0.3, 0.4) is 0 Å². The topological polar surface area (TPSA) is 0 Å². The molecule has 2 aliphatic carbocycles. The van der Waals surface area contributed by atoms with Crippen LogP contribution < -0.4 is 0 Å². The lowest BCUT2D eigenvalue weighted by atomic mass is 9.77. The van der Waals surface area contributed by atoms with Crippen LogP contribution in [-0.4, -0.2) is 6.18 Å². The normalized spacial score (nSPS) is 31.4. The van der Waals surface area contributed by atoms with Crippen molar-refractivity contribution in [2.75, 3.05) is 0 Å². The molecule has 0 atom stereocenters. The maximum Gasteiger partial charge on any atom is 0.409 e. The van der Waals surface area contributed by atoms with E-state index in [0.29, 0.717) is 17.9 Å². The fraction of sp³-hybridized carbons (Fsp3) is 0.636. The van der Waals surface area contributed by atoms with E-state index in [1.165, 1.54) is 42.9 Å². The fourth-order valence-electron chi connectivity index (χ4n) is 4.52. The Bertz CT molecular complexity index is 554. The zero-order chi connectivity index (χ0) is 17.9. The van der Waals surface area contributed by atoms with Gasteiger partial charge in [-0.3, -0.25) is 0 Å². The minimum Gasteiger partial charge on any atom is -0.167 e. The van der Waals surface area contributed by atoms with E-state index in [-0.39, 0.29) is 5.92 Å². The van der Waals surface area contributed by atoms with Gasteiger partial charge >= 0.3 is 6.18 Å². The van der Waals surface area contributed by atoms with E-state index in [4.69, 9.17) is 0 Å². The first-order chi connectivity index (χ1) is 11.9. The molecule has 0 nitrogen and oxygen atoms in total. The van der Waals surface area contributed by atoms with Gasteiger partial charge < -0.3 is 0 Å². The summed E-state index contributed by atoms with van der Waals surface area (Å²) in [5, 5.41) is 0. The van der Waals surface area contributed by atoms with Crippen molar-refractivity contribution in [3.63, 3.8) is 0 Å². The Morgan fingerprint density at radius 1 is 0.760 bits per heavy atom. The number of benzene rings is 1. The predicted molar refractivity (Wildman–Crippen MR) is 96.7 cm³/mol. The van der Waals surface area contributed by atoms with Crippen LogP contribution in [-0.2, 0) is 0 Å². The van der Waals surface area contributed by atoms with E-state index in [9.17, 15) is 13.2 Å². The van der Waals surface area contributed by atoms with Crippen LogP contribution in [0.4, 0.5) is 13.2 Å². The Morgan fingerprint density at radius 3 is 1.64 bits per heavy atom. The lowest BCUT2D eigenvalue weighted by Gasteiger charge is -2.29. The van der Waals surface area contributed by atoms with Crippen molar-refractivity contribution in [3.05, 3.63) is 47.5 Å². The molecule has 0 aliphatic heterocycles. The summed E-state index contributed by atoms with van der Waals surface area (Å²) < 4.78 is 36.8. The zero-order valence-corrected chi connectivity index (χ0v) is 15.1. The summed E-state index contributed by atoms with van der Waals surface area (Å²) in [6.45, 7) is 2.35. The molecule has 0 bridgehead atoms. The largest absolute Gasteiger partial charge is 0.409 e. The third-order valence-corrected chi connectivity index (χ3v) is 6.22. The van der Waals surface area contributed by atoms with Gasteiger partial charge in [0.1, 0.15) is 0 Å². The molecule has 0 amide bonds. The van der Waals surface area contributed by atoms with Crippen molar-refractivity contribution < 1.29 is 13.2 Å². The number of hydrogen-bond donors (Lipinski definition) is 0. The van der Waals surface area contributed by atoms with E-state index in [0.717, 1.165) is 31.6 Å². The van der Waals surface area contributed by atoms with Crippen molar-refractivity contribution in [2.45, 2.75) is 76.3 Å². The summed E-state index contributed by atoms with van der Waals surface area (Å²) in [6, 6.07) is 9.13. The molecule has 0 aromatic heterocycles. The average Bonchev–Trinajstić information content (AvgIpc) is 2.61. The summed E-state index contributed by atoms with van der Waals surface area (Å²) in [5.74, 6) is 2.18. The van der Waals surface area contributed by atoms with Gasteiger partial charge in [-0.05, 0) is 73.3 Å². The second kappa shape index (κ2) is 7.97. The summed E-state index contributed by atoms with van der Waals surface area (Å²) in [4.78, 5) is 0. The highest BCUT2D eigenvalue weighted by Crippen LogP contribution is 2.39. The molecule has 2 aliphatic rings. The smallest absolute Gasteiger partial charge is 0.167 e. The first-order valence-corrected chi connectivity index (χ1v) is 9.76. The molecule has 0 unspecified atom stereocenters.